The molecule has 210 valence electrons. The lowest BCUT2D eigenvalue weighted by Gasteiger charge is -2.46. The monoisotopic (exact) mass is 608 g/mol. The Hall–Kier alpha value is -2.37. The average Bonchev–Trinajstić information content (AvgIpc) is 2.75. The third kappa shape index (κ3) is 7.60. The normalized spacial score (nSPS) is 20.9. The Morgan fingerprint density at radius 1 is 0.947 bits per heavy atom. The molecular weight excluding hydrogens is 578 g/mol. The predicted octanol–water partition coefficient (Wildman–Crippen LogP) is 7.49. The minimum Gasteiger partial charge on any atom is -0.337 e. The number of hydrogen-bond donors (Lipinski definition) is 0. The Bertz CT molecular complexity index is 1090. The van der Waals surface area contributed by atoms with Crippen molar-refractivity contribution >= 4 is 27.8 Å². The summed E-state index contributed by atoms with van der Waals surface area (Å²) >= 11 is 3.25. The van der Waals surface area contributed by atoms with E-state index in [2.05, 4.69) is 25.9 Å². The second-order valence-corrected chi connectivity index (χ2v) is 12.0. The van der Waals surface area contributed by atoms with Gasteiger partial charge in [0.25, 0.3) is 0 Å². The number of carbonyl (C=O) groups excluding carboxylic acids is 1. The van der Waals surface area contributed by atoms with Gasteiger partial charge >= 0.3 is 12.4 Å². The van der Waals surface area contributed by atoms with Gasteiger partial charge in [-0.1, -0.05) is 20.8 Å². The number of aromatic nitrogens is 2. The molecule has 0 spiro atoms. The highest BCUT2D eigenvalue weighted by molar-refractivity contribution is 9.10. The first-order chi connectivity index (χ1) is 17.3. The molecule has 2 heterocycles. The van der Waals surface area contributed by atoms with Crippen LogP contribution in [0, 0.1) is 5.41 Å². The quantitative estimate of drug-likeness (QED) is 0.330. The van der Waals surface area contributed by atoms with Crippen LogP contribution in [0.5, 0.6) is 0 Å². The molecule has 1 aromatic carbocycles. The molecule has 0 radical (unpaired) electrons. The number of piperidine rings is 1. The van der Waals surface area contributed by atoms with Crippen LogP contribution in [0.2, 0.25) is 0 Å². The third-order valence-corrected chi connectivity index (χ3v) is 6.86. The molecule has 3 rings (SSSR count). The maximum atomic E-state index is 13.5. The molecule has 0 N–H and O–H groups in total. The van der Waals surface area contributed by atoms with Gasteiger partial charge in [-0.2, -0.15) is 26.3 Å². The lowest BCUT2D eigenvalue weighted by atomic mass is 9.87. The molecule has 0 bridgehead atoms. The van der Waals surface area contributed by atoms with Crippen LogP contribution in [0.3, 0.4) is 0 Å². The van der Waals surface area contributed by atoms with Crippen LogP contribution in [-0.4, -0.2) is 38.9 Å². The van der Waals surface area contributed by atoms with Gasteiger partial charge in [-0.15, -0.1) is 0 Å². The van der Waals surface area contributed by atoms with Gasteiger partial charge in [0.15, 0.2) is 0 Å². The van der Waals surface area contributed by atoms with Gasteiger partial charge < -0.3 is 9.80 Å². The van der Waals surface area contributed by atoms with Crippen LogP contribution >= 0.6 is 15.9 Å². The predicted molar refractivity (Wildman–Crippen MR) is 135 cm³/mol. The van der Waals surface area contributed by atoms with Crippen molar-refractivity contribution in [1.82, 2.24) is 14.9 Å². The van der Waals surface area contributed by atoms with Crippen LogP contribution in [0.15, 0.2) is 35.1 Å². The highest BCUT2D eigenvalue weighted by Crippen LogP contribution is 2.38. The van der Waals surface area contributed by atoms with Gasteiger partial charge in [0, 0.05) is 43.5 Å². The highest BCUT2D eigenvalue weighted by Gasteiger charge is 2.40. The van der Waals surface area contributed by atoms with Crippen molar-refractivity contribution in [3.63, 3.8) is 0 Å². The van der Waals surface area contributed by atoms with E-state index in [0.29, 0.717) is 23.7 Å². The molecule has 1 unspecified atom stereocenters. The zero-order valence-corrected chi connectivity index (χ0v) is 23.4. The molecule has 0 saturated carbocycles. The van der Waals surface area contributed by atoms with E-state index in [4.69, 9.17) is 0 Å². The number of hydrogen-bond acceptors (Lipinski definition) is 4. The van der Waals surface area contributed by atoms with E-state index >= 15 is 0 Å². The van der Waals surface area contributed by atoms with Crippen molar-refractivity contribution in [3.05, 3.63) is 51.8 Å². The van der Waals surface area contributed by atoms with Crippen LogP contribution in [0.25, 0.3) is 0 Å². The van der Waals surface area contributed by atoms with Crippen LogP contribution in [0.4, 0.5) is 32.3 Å². The number of benzene rings is 1. The zero-order chi connectivity index (χ0) is 28.6. The van der Waals surface area contributed by atoms with Crippen molar-refractivity contribution in [2.24, 2.45) is 5.41 Å². The Morgan fingerprint density at radius 3 is 1.84 bits per heavy atom. The summed E-state index contributed by atoms with van der Waals surface area (Å²) in [6.07, 6.45) is -5.70. The van der Waals surface area contributed by atoms with E-state index in [0.717, 1.165) is 12.1 Å². The van der Waals surface area contributed by atoms with Crippen LogP contribution < -0.4 is 4.90 Å². The van der Waals surface area contributed by atoms with E-state index in [1.54, 1.807) is 4.90 Å². The van der Waals surface area contributed by atoms with E-state index in [1.807, 2.05) is 39.5 Å². The van der Waals surface area contributed by atoms with E-state index in [1.165, 1.54) is 12.4 Å². The minimum absolute atomic E-state index is 0.00934. The SMILES string of the molecule is C[C@@H]1CC(N(Cc2cc(C(F)(F)F)cc(C(F)(F)F)c2)c2ncc(Br)cn2)C[C@H](C)N1C(=O)CC(C)(C)C. The van der Waals surface area contributed by atoms with Gasteiger partial charge in [0.05, 0.1) is 15.6 Å². The zero-order valence-electron chi connectivity index (χ0n) is 21.8. The van der Waals surface area contributed by atoms with Crippen molar-refractivity contribution < 1.29 is 31.1 Å². The molecule has 3 atom stereocenters. The smallest absolute Gasteiger partial charge is 0.337 e. The number of amides is 1. The van der Waals surface area contributed by atoms with Gasteiger partial charge in [-0.05, 0) is 71.8 Å². The molecule has 1 fully saturated rings. The summed E-state index contributed by atoms with van der Waals surface area (Å²) in [5.41, 5.74) is -3.11. The molecule has 38 heavy (non-hydrogen) atoms. The molecule has 1 saturated heterocycles. The summed E-state index contributed by atoms with van der Waals surface area (Å²) in [5.74, 6) is 0.188. The van der Waals surface area contributed by atoms with Gasteiger partial charge in [0.1, 0.15) is 0 Å². The summed E-state index contributed by atoms with van der Waals surface area (Å²) in [5, 5.41) is 0. The molecule has 1 amide bonds. The Morgan fingerprint density at radius 2 is 1.42 bits per heavy atom. The average molecular weight is 609 g/mol. The number of halogens is 7. The van der Waals surface area contributed by atoms with Gasteiger partial charge in [-0.25, -0.2) is 9.97 Å². The molecule has 1 aliphatic heterocycles. The minimum atomic E-state index is -4.95. The molecule has 0 aliphatic carbocycles. The number of anilines is 1. The first-order valence-corrected chi connectivity index (χ1v) is 13.0. The molecular formula is C26H31BrF6N4O. The number of rotatable bonds is 5. The summed E-state index contributed by atoms with van der Waals surface area (Å²) < 4.78 is 81.5. The van der Waals surface area contributed by atoms with E-state index in [-0.39, 0.29) is 53.6 Å². The molecule has 1 aromatic heterocycles. The number of nitrogens with zero attached hydrogens (tertiary/aromatic N) is 4. The fourth-order valence-corrected chi connectivity index (χ4v) is 5.17. The first-order valence-electron chi connectivity index (χ1n) is 12.2. The van der Waals surface area contributed by atoms with Gasteiger partial charge in [0.2, 0.25) is 11.9 Å². The Labute approximate surface area is 226 Å². The maximum absolute atomic E-state index is 13.5. The summed E-state index contributed by atoms with van der Waals surface area (Å²) in [6.45, 7) is 9.46. The number of carbonyl (C=O) groups is 1. The molecule has 1 aliphatic rings. The first kappa shape index (κ1) is 30.2. The van der Waals surface area contributed by atoms with Crippen molar-refractivity contribution in [2.45, 2.75) is 90.9 Å². The maximum Gasteiger partial charge on any atom is 0.416 e. The fourth-order valence-electron chi connectivity index (χ4n) is 4.96. The van der Waals surface area contributed by atoms with Crippen molar-refractivity contribution in [2.75, 3.05) is 4.90 Å². The standard InChI is InChI=1S/C26H31BrF6N4O/c1-15-6-21(7-16(2)37(15)22(38)11-24(3,4)5)36(23-34-12-20(27)13-35-23)14-17-8-18(25(28,29)30)10-19(9-17)26(31,32)33/h8-10,12-13,15-16,21H,6-7,11,14H2,1-5H3/t15-,16+,21?. The third-order valence-electron chi connectivity index (χ3n) is 6.45. The number of alkyl halides is 6. The molecule has 5 nitrogen and oxygen atoms in total. The molecule has 12 heteroatoms. The fraction of sp³-hybridized carbons (Fsp3) is 0.577. The summed E-state index contributed by atoms with van der Waals surface area (Å²) in [4.78, 5) is 25.1. The topological polar surface area (TPSA) is 49.3 Å². The largest absolute Gasteiger partial charge is 0.416 e. The summed E-state index contributed by atoms with van der Waals surface area (Å²) in [6, 6.07) is 0.843. The number of likely N-dealkylation sites (tertiary alicyclic amines) is 1. The molecule has 2 aromatic rings. The second kappa shape index (κ2) is 11.0. The lowest BCUT2D eigenvalue weighted by Crippen LogP contribution is -2.55. The Kier molecular flexibility index (Phi) is 8.75. The van der Waals surface area contributed by atoms with Crippen molar-refractivity contribution in [3.8, 4) is 0 Å². The van der Waals surface area contributed by atoms with Crippen LogP contribution in [-0.2, 0) is 23.7 Å². The Balaban J connectivity index is 1.99. The summed E-state index contributed by atoms with van der Waals surface area (Å²) in [7, 11) is 0. The van der Waals surface area contributed by atoms with Crippen LogP contribution in [0.1, 0.15) is 70.6 Å². The highest BCUT2D eigenvalue weighted by atomic mass is 79.9. The van der Waals surface area contributed by atoms with E-state index < -0.39 is 23.5 Å². The lowest BCUT2D eigenvalue weighted by molar-refractivity contribution is -0.143. The van der Waals surface area contributed by atoms with Crippen molar-refractivity contribution in [1.29, 1.82) is 0 Å². The van der Waals surface area contributed by atoms with E-state index in [9.17, 15) is 31.1 Å². The second-order valence-electron chi connectivity index (χ2n) is 11.1. The van der Waals surface area contributed by atoms with Gasteiger partial charge in [-0.3, -0.25) is 4.79 Å².